The Kier molecular flexibility index (Phi) is 4.39. The van der Waals surface area contributed by atoms with Crippen molar-refractivity contribution in [1.29, 1.82) is 0 Å². The third kappa shape index (κ3) is 3.48. The molecule has 4 aromatic rings. The van der Waals surface area contributed by atoms with Crippen LogP contribution < -0.4 is 10.3 Å². The molecule has 5 rings (SSSR count). The largest absolute Gasteiger partial charge is 0.359 e. The molecule has 0 saturated carbocycles. The number of aromatic nitrogens is 4. The zero-order valence-corrected chi connectivity index (χ0v) is 16.1. The van der Waals surface area contributed by atoms with E-state index >= 15 is 0 Å². The minimum absolute atomic E-state index is 0.100. The fourth-order valence-corrected chi connectivity index (χ4v) is 3.55. The Labute approximate surface area is 174 Å². The van der Waals surface area contributed by atoms with Gasteiger partial charge in [-0.05, 0) is 36.4 Å². The topological polar surface area (TPSA) is 56.0 Å². The van der Waals surface area contributed by atoms with Crippen LogP contribution >= 0.6 is 0 Å². The molecule has 1 aliphatic heterocycles. The summed E-state index contributed by atoms with van der Waals surface area (Å²) in [5, 5.41) is 8.60. The van der Waals surface area contributed by atoms with Gasteiger partial charge in [-0.25, -0.2) is 22.5 Å². The van der Waals surface area contributed by atoms with E-state index in [1.165, 1.54) is 34.0 Å². The normalized spacial score (nSPS) is 15.0. The maximum atomic E-state index is 14.8. The molecule has 1 fully saturated rings. The summed E-state index contributed by atoms with van der Waals surface area (Å²) >= 11 is 0. The van der Waals surface area contributed by atoms with Crippen molar-refractivity contribution >= 4 is 5.69 Å². The van der Waals surface area contributed by atoms with Crippen LogP contribution in [-0.2, 0) is 0 Å². The molecule has 0 unspecified atom stereocenters. The Bertz CT molecular complexity index is 1310. The summed E-state index contributed by atoms with van der Waals surface area (Å²) in [7, 11) is 0. The molecule has 9 heteroatoms. The molecule has 0 aliphatic carbocycles. The maximum Gasteiger partial charge on any atom is 0.282 e. The molecular formula is C22H16F3N5O. The second-order valence-electron chi connectivity index (χ2n) is 7.28. The quantitative estimate of drug-likeness (QED) is 0.503. The number of hydrogen-bond acceptors (Lipinski definition) is 4. The van der Waals surface area contributed by atoms with E-state index in [0.29, 0.717) is 11.4 Å². The third-order valence-electron chi connectivity index (χ3n) is 5.08. The van der Waals surface area contributed by atoms with Gasteiger partial charge in [0, 0.05) is 18.0 Å². The van der Waals surface area contributed by atoms with Gasteiger partial charge in [0.2, 0.25) is 5.43 Å². The van der Waals surface area contributed by atoms with Gasteiger partial charge in [0.05, 0.1) is 30.7 Å². The highest BCUT2D eigenvalue weighted by atomic mass is 19.3. The molecule has 2 aromatic heterocycles. The summed E-state index contributed by atoms with van der Waals surface area (Å²) in [4.78, 5) is 13.9. The van der Waals surface area contributed by atoms with Crippen molar-refractivity contribution in [3.05, 3.63) is 89.1 Å². The molecule has 0 atom stereocenters. The number of hydrogen-bond donors (Lipinski definition) is 0. The average molecular weight is 423 g/mol. The van der Waals surface area contributed by atoms with Crippen LogP contribution in [0.15, 0.2) is 77.9 Å². The molecule has 3 heterocycles. The Morgan fingerprint density at radius 2 is 1.71 bits per heavy atom. The molecular weight excluding hydrogens is 407 g/mol. The Morgan fingerprint density at radius 1 is 0.935 bits per heavy atom. The molecule has 0 radical (unpaired) electrons. The van der Waals surface area contributed by atoms with Crippen LogP contribution in [0.5, 0.6) is 0 Å². The summed E-state index contributed by atoms with van der Waals surface area (Å²) in [6, 6.07) is 16.4. The SMILES string of the molecule is O=c1ccn(-c2ccc(N3CC(F)(F)C3)cc2F)nc1-c1ccnn1-c1ccccc1. The highest BCUT2D eigenvalue weighted by Gasteiger charge is 2.44. The summed E-state index contributed by atoms with van der Waals surface area (Å²) in [5.41, 5.74) is 1.45. The number of benzene rings is 2. The van der Waals surface area contributed by atoms with Gasteiger partial charge in [-0.1, -0.05) is 18.2 Å². The van der Waals surface area contributed by atoms with E-state index in [2.05, 4.69) is 10.2 Å². The minimum atomic E-state index is -2.74. The lowest BCUT2D eigenvalue weighted by atomic mass is 10.1. The highest BCUT2D eigenvalue weighted by Crippen LogP contribution is 2.32. The second-order valence-corrected chi connectivity index (χ2v) is 7.28. The monoisotopic (exact) mass is 423 g/mol. The van der Waals surface area contributed by atoms with Gasteiger partial charge in [-0.15, -0.1) is 0 Å². The van der Waals surface area contributed by atoms with Crippen molar-refractivity contribution in [3.63, 3.8) is 0 Å². The summed E-state index contributed by atoms with van der Waals surface area (Å²) < 4.78 is 43.8. The van der Waals surface area contributed by atoms with E-state index in [4.69, 9.17) is 0 Å². The first-order valence-corrected chi connectivity index (χ1v) is 9.54. The number of alkyl halides is 2. The Morgan fingerprint density at radius 3 is 2.42 bits per heavy atom. The second kappa shape index (κ2) is 7.12. The smallest absolute Gasteiger partial charge is 0.282 e. The van der Waals surface area contributed by atoms with Crippen LogP contribution in [0.2, 0.25) is 0 Å². The summed E-state index contributed by atoms with van der Waals surface area (Å²) in [6.07, 6.45) is 2.92. The molecule has 0 bridgehead atoms. The average Bonchev–Trinajstić information content (AvgIpc) is 3.23. The van der Waals surface area contributed by atoms with E-state index in [9.17, 15) is 18.0 Å². The molecule has 1 aliphatic rings. The van der Waals surface area contributed by atoms with Crippen LogP contribution in [0.4, 0.5) is 18.9 Å². The van der Waals surface area contributed by atoms with E-state index in [1.54, 1.807) is 23.0 Å². The van der Waals surface area contributed by atoms with Crippen LogP contribution in [0.1, 0.15) is 0 Å². The first-order valence-electron chi connectivity index (χ1n) is 9.54. The van der Waals surface area contributed by atoms with E-state index < -0.39 is 24.8 Å². The number of anilines is 1. The van der Waals surface area contributed by atoms with Gasteiger partial charge < -0.3 is 4.90 Å². The van der Waals surface area contributed by atoms with Crippen LogP contribution in [0.25, 0.3) is 22.8 Å². The molecule has 0 N–H and O–H groups in total. The van der Waals surface area contributed by atoms with Crippen LogP contribution in [0.3, 0.4) is 0 Å². The summed E-state index contributed by atoms with van der Waals surface area (Å²) in [5.74, 6) is -3.38. The molecule has 1 saturated heterocycles. The number of halogens is 3. The predicted octanol–water partition coefficient (Wildman–Crippen LogP) is 3.68. The lowest BCUT2D eigenvalue weighted by molar-refractivity contribution is -0.0262. The van der Waals surface area contributed by atoms with Crippen LogP contribution in [0, 0.1) is 5.82 Å². The van der Waals surface area contributed by atoms with Crippen molar-refractivity contribution in [1.82, 2.24) is 19.6 Å². The molecule has 0 amide bonds. The van der Waals surface area contributed by atoms with E-state index in [-0.39, 0.29) is 16.8 Å². The highest BCUT2D eigenvalue weighted by molar-refractivity contribution is 5.58. The molecule has 2 aromatic carbocycles. The Hall–Kier alpha value is -3.88. The van der Waals surface area contributed by atoms with Crippen molar-refractivity contribution in [2.45, 2.75) is 5.92 Å². The fourth-order valence-electron chi connectivity index (χ4n) is 3.55. The van der Waals surface area contributed by atoms with E-state index in [1.807, 2.05) is 30.3 Å². The van der Waals surface area contributed by atoms with Crippen LogP contribution in [-0.4, -0.2) is 38.6 Å². The standard InChI is InChI=1S/C22H16F3N5O/c23-17-12-16(28-13-22(24,25)14-28)6-7-18(17)29-11-9-20(31)21(27-29)19-8-10-26-30(19)15-4-2-1-3-5-15/h1-12H,13-14H2. The molecule has 31 heavy (non-hydrogen) atoms. The lowest BCUT2D eigenvalue weighted by Crippen LogP contribution is -2.56. The van der Waals surface area contributed by atoms with Gasteiger partial charge >= 0.3 is 0 Å². The fraction of sp³-hybridized carbons (Fsp3) is 0.136. The predicted molar refractivity (Wildman–Crippen MR) is 110 cm³/mol. The van der Waals surface area contributed by atoms with Crippen molar-refractivity contribution in [2.24, 2.45) is 0 Å². The van der Waals surface area contributed by atoms with Gasteiger partial charge in [0.25, 0.3) is 5.92 Å². The Balaban J connectivity index is 1.52. The zero-order valence-electron chi connectivity index (χ0n) is 16.1. The molecule has 156 valence electrons. The van der Waals surface area contributed by atoms with Gasteiger partial charge in [-0.3, -0.25) is 4.79 Å². The first-order chi connectivity index (χ1) is 14.9. The first kappa shape index (κ1) is 19.1. The zero-order chi connectivity index (χ0) is 21.6. The number of rotatable bonds is 4. The maximum absolute atomic E-state index is 14.8. The van der Waals surface area contributed by atoms with E-state index in [0.717, 1.165) is 5.69 Å². The third-order valence-corrected chi connectivity index (χ3v) is 5.08. The van der Waals surface area contributed by atoms with Gasteiger partial charge in [0.15, 0.2) is 11.5 Å². The van der Waals surface area contributed by atoms with Crippen molar-refractivity contribution < 1.29 is 13.2 Å². The molecule has 0 spiro atoms. The van der Waals surface area contributed by atoms with Gasteiger partial charge in [-0.2, -0.15) is 10.2 Å². The molecule has 6 nitrogen and oxygen atoms in total. The van der Waals surface area contributed by atoms with Crippen molar-refractivity contribution in [2.75, 3.05) is 18.0 Å². The van der Waals surface area contributed by atoms with Gasteiger partial charge in [0.1, 0.15) is 5.69 Å². The lowest BCUT2D eigenvalue weighted by Gasteiger charge is -2.40. The number of para-hydroxylation sites is 1. The minimum Gasteiger partial charge on any atom is -0.359 e. The summed E-state index contributed by atoms with van der Waals surface area (Å²) in [6.45, 7) is -0.870. The van der Waals surface area contributed by atoms with Crippen molar-refractivity contribution in [3.8, 4) is 22.8 Å². The number of nitrogens with zero attached hydrogens (tertiary/aromatic N) is 5.